The number of para-hydroxylation sites is 2. The van der Waals surface area contributed by atoms with Gasteiger partial charge >= 0.3 is 0 Å². The van der Waals surface area contributed by atoms with E-state index in [2.05, 4.69) is 4.98 Å². The molecule has 0 saturated carbocycles. The van der Waals surface area contributed by atoms with Crippen LogP contribution in [0.25, 0.3) is 11.0 Å². The topological polar surface area (TPSA) is 43.8 Å². The maximum absolute atomic E-state index is 5.60. The van der Waals surface area contributed by atoms with Gasteiger partial charge in [0.1, 0.15) is 0 Å². The van der Waals surface area contributed by atoms with Gasteiger partial charge in [-0.05, 0) is 12.1 Å². The summed E-state index contributed by atoms with van der Waals surface area (Å²) in [4.78, 5) is 4.15. The molecule has 0 aliphatic carbocycles. The molecule has 0 spiro atoms. The van der Waals surface area contributed by atoms with Crippen molar-refractivity contribution in [2.24, 2.45) is 7.05 Å². The molecule has 0 atom stereocenters. The molecule has 2 N–H and O–H groups in total. The van der Waals surface area contributed by atoms with E-state index >= 15 is 0 Å². The first kappa shape index (κ1) is 9.58. The van der Waals surface area contributed by atoms with Crippen LogP contribution in [0, 0.1) is 0 Å². The van der Waals surface area contributed by atoms with E-state index in [1.165, 1.54) is 0 Å². The van der Waals surface area contributed by atoms with Crippen LogP contribution in [0.2, 0.25) is 0 Å². The summed E-state index contributed by atoms with van der Waals surface area (Å²) >= 11 is 0. The third-order valence-electron chi connectivity index (χ3n) is 1.82. The molecule has 2 rings (SSSR count). The van der Waals surface area contributed by atoms with E-state index in [4.69, 9.17) is 5.73 Å². The van der Waals surface area contributed by atoms with Crippen molar-refractivity contribution in [2.75, 3.05) is 5.73 Å². The van der Waals surface area contributed by atoms with Crippen molar-refractivity contribution in [1.29, 1.82) is 0 Å². The predicted molar refractivity (Wildman–Crippen MR) is 56.5 cm³/mol. The van der Waals surface area contributed by atoms with Gasteiger partial charge in [-0.3, -0.25) is 0 Å². The van der Waals surface area contributed by atoms with Gasteiger partial charge in [-0.1, -0.05) is 26.0 Å². The zero-order valence-electron chi connectivity index (χ0n) is 8.28. The first-order chi connectivity index (χ1) is 6.29. The Morgan fingerprint density at radius 1 is 1.23 bits per heavy atom. The van der Waals surface area contributed by atoms with Gasteiger partial charge in [0.2, 0.25) is 5.95 Å². The minimum Gasteiger partial charge on any atom is -0.369 e. The summed E-state index contributed by atoms with van der Waals surface area (Å²) in [6, 6.07) is 7.88. The van der Waals surface area contributed by atoms with Crippen molar-refractivity contribution in [3.05, 3.63) is 24.3 Å². The first-order valence-electron chi connectivity index (χ1n) is 4.46. The average molecular weight is 177 g/mol. The molecule has 0 amide bonds. The molecule has 2 aromatic rings. The van der Waals surface area contributed by atoms with E-state index in [0.717, 1.165) is 11.0 Å². The van der Waals surface area contributed by atoms with E-state index < -0.39 is 0 Å². The monoisotopic (exact) mass is 177 g/mol. The van der Waals surface area contributed by atoms with Gasteiger partial charge in [-0.25, -0.2) is 4.98 Å². The Bertz CT molecular complexity index is 390. The molecule has 3 heteroatoms. The fourth-order valence-corrected chi connectivity index (χ4v) is 1.16. The molecule has 0 aliphatic heterocycles. The van der Waals surface area contributed by atoms with E-state index in [9.17, 15) is 0 Å². The highest BCUT2D eigenvalue weighted by Crippen LogP contribution is 2.14. The maximum Gasteiger partial charge on any atom is 0.200 e. The van der Waals surface area contributed by atoms with Crippen LogP contribution in [0.4, 0.5) is 5.95 Å². The third kappa shape index (κ3) is 1.64. The Hall–Kier alpha value is -1.51. The minimum atomic E-state index is 0.561. The number of anilines is 1. The highest BCUT2D eigenvalue weighted by Gasteiger charge is 2.00. The number of nitrogens with zero attached hydrogens (tertiary/aromatic N) is 2. The van der Waals surface area contributed by atoms with E-state index in [1.807, 2.05) is 49.7 Å². The molecule has 0 aliphatic rings. The normalized spacial score (nSPS) is 9.46. The van der Waals surface area contributed by atoms with Crippen LogP contribution in [0.1, 0.15) is 13.8 Å². The largest absolute Gasteiger partial charge is 0.369 e. The van der Waals surface area contributed by atoms with E-state index in [0.29, 0.717) is 5.95 Å². The zero-order valence-corrected chi connectivity index (χ0v) is 8.28. The molecule has 0 radical (unpaired) electrons. The first-order valence-corrected chi connectivity index (χ1v) is 4.46. The number of aromatic nitrogens is 2. The van der Waals surface area contributed by atoms with Crippen molar-refractivity contribution in [1.82, 2.24) is 9.55 Å². The van der Waals surface area contributed by atoms with Gasteiger partial charge in [-0.15, -0.1) is 0 Å². The average Bonchev–Trinajstić information content (AvgIpc) is 2.47. The van der Waals surface area contributed by atoms with Crippen LogP contribution in [-0.4, -0.2) is 9.55 Å². The number of rotatable bonds is 0. The predicted octanol–water partition coefficient (Wildman–Crippen LogP) is 2.18. The summed E-state index contributed by atoms with van der Waals surface area (Å²) < 4.78 is 1.87. The van der Waals surface area contributed by atoms with Crippen molar-refractivity contribution in [3.8, 4) is 0 Å². The SMILES string of the molecule is CC.Cn1c(N)nc2ccccc21. The molecule has 1 heterocycles. The Labute approximate surface area is 78.2 Å². The Morgan fingerprint density at radius 2 is 1.85 bits per heavy atom. The molecule has 0 fully saturated rings. The lowest BCUT2D eigenvalue weighted by molar-refractivity contribution is 0.965. The van der Waals surface area contributed by atoms with Crippen LogP contribution in [0.5, 0.6) is 0 Å². The van der Waals surface area contributed by atoms with Crippen molar-refractivity contribution < 1.29 is 0 Å². The standard InChI is InChI=1S/C8H9N3.C2H6/c1-11-7-5-3-2-4-6(7)10-8(11)9;1-2/h2-5H,1H3,(H2,9,10);1-2H3. The molecule has 0 saturated heterocycles. The smallest absolute Gasteiger partial charge is 0.200 e. The fourth-order valence-electron chi connectivity index (χ4n) is 1.16. The van der Waals surface area contributed by atoms with Crippen molar-refractivity contribution in [3.63, 3.8) is 0 Å². The summed E-state index contributed by atoms with van der Waals surface area (Å²) in [5.41, 5.74) is 7.63. The Morgan fingerprint density at radius 3 is 2.46 bits per heavy atom. The zero-order chi connectivity index (χ0) is 9.84. The summed E-state index contributed by atoms with van der Waals surface area (Å²) in [5.74, 6) is 0.561. The molecule has 3 nitrogen and oxygen atoms in total. The van der Waals surface area contributed by atoms with Crippen molar-refractivity contribution in [2.45, 2.75) is 13.8 Å². The second-order valence-corrected chi connectivity index (χ2v) is 2.52. The molecule has 1 aromatic carbocycles. The van der Waals surface area contributed by atoms with Gasteiger partial charge < -0.3 is 10.3 Å². The fraction of sp³-hybridized carbons (Fsp3) is 0.300. The Kier molecular flexibility index (Phi) is 2.90. The highest BCUT2D eigenvalue weighted by molar-refractivity contribution is 5.77. The van der Waals surface area contributed by atoms with Gasteiger partial charge in [0.25, 0.3) is 0 Å². The number of aryl methyl sites for hydroxylation is 1. The molecule has 70 valence electrons. The lowest BCUT2D eigenvalue weighted by atomic mass is 10.3. The number of hydrogen-bond acceptors (Lipinski definition) is 2. The number of hydrogen-bond donors (Lipinski definition) is 1. The van der Waals surface area contributed by atoms with Crippen LogP contribution in [-0.2, 0) is 7.05 Å². The van der Waals surface area contributed by atoms with Gasteiger partial charge in [0.15, 0.2) is 0 Å². The second-order valence-electron chi connectivity index (χ2n) is 2.52. The van der Waals surface area contributed by atoms with Gasteiger partial charge in [-0.2, -0.15) is 0 Å². The molecule has 13 heavy (non-hydrogen) atoms. The van der Waals surface area contributed by atoms with Crippen LogP contribution < -0.4 is 5.73 Å². The number of nitrogens with two attached hydrogens (primary N) is 1. The lowest BCUT2D eigenvalue weighted by Crippen LogP contribution is -1.95. The molecule has 1 aromatic heterocycles. The summed E-state index contributed by atoms with van der Waals surface area (Å²) in [7, 11) is 1.91. The van der Waals surface area contributed by atoms with Gasteiger partial charge in [0.05, 0.1) is 11.0 Å². The van der Waals surface area contributed by atoms with Crippen LogP contribution in [0.3, 0.4) is 0 Å². The number of imidazole rings is 1. The summed E-state index contributed by atoms with van der Waals surface area (Å²) in [5, 5.41) is 0. The lowest BCUT2D eigenvalue weighted by Gasteiger charge is -1.93. The second kappa shape index (κ2) is 3.94. The molecule has 0 bridgehead atoms. The quantitative estimate of drug-likeness (QED) is 0.670. The summed E-state index contributed by atoms with van der Waals surface area (Å²) in [6.07, 6.45) is 0. The number of nitrogen functional groups attached to an aromatic ring is 1. The molecular formula is C10H15N3. The van der Waals surface area contributed by atoms with Crippen molar-refractivity contribution >= 4 is 17.0 Å². The van der Waals surface area contributed by atoms with Crippen LogP contribution >= 0.6 is 0 Å². The highest BCUT2D eigenvalue weighted by atomic mass is 15.1. The summed E-state index contributed by atoms with van der Waals surface area (Å²) in [6.45, 7) is 4.00. The van der Waals surface area contributed by atoms with Gasteiger partial charge in [0, 0.05) is 7.05 Å². The van der Waals surface area contributed by atoms with E-state index in [-0.39, 0.29) is 0 Å². The van der Waals surface area contributed by atoms with Crippen LogP contribution in [0.15, 0.2) is 24.3 Å². The maximum atomic E-state index is 5.60. The Balaban J connectivity index is 0.000000396. The minimum absolute atomic E-state index is 0.561. The number of benzene rings is 1. The third-order valence-corrected chi connectivity index (χ3v) is 1.82. The molecule has 0 unspecified atom stereocenters. The number of fused-ring (bicyclic) bond motifs is 1. The van der Waals surface area contributed by atoms with E-state index in [1.54, 1.807) is 0 Å². The molecular weight excluding hydrogens is 162 g/mol.